The lowest BCUT2D eigenvalue weighted by Crippen LogP contribution is -2.24. The van der Waals surface area contributed by atoms with E-state index in [1.165, 1.54) is 17.7 Å². The lowest BCUT2D eigenvalue weighted by Gasteiger charge is -2.17. The first-order valence-electron chi connectivity index (χ1n) is 12.3. The fourth-order valence-electron chi connectivity index (χ4n) is 4.19. The second-order valence-corrected chi connectivity index (χ2v) is 9.43. The fraction of sp³-hybridized carbons (Fsp3) is 0.250. The molecule has 0 fully saturated rings. The van der Waals surface area contributed by atoms with Gasteiger partial charge in [0.15, 0.2) is 12.3 Å². The summed E-state index contributed by atoms with van der Waals surface area (Å²) in [4.78, 5) is 27.6. The maximum absolute atomic E-state index is 14.1. The van der Waals surface area contributed by atoms with Crippen molar-refractivity contribution < 1.29 is 22.6 Å². The molecule has 9 nitrogen and oxygen atoms in total. The van der Waals surface area contributed by atoms with Gasteiger partial charge < -0.3 is 9.47 Å². The Morgan fingerprint density at radius 1 is 1.10 bits per heavy atom. The highest BCUT2D eigenvalue weighted by molar-refractivity contribution is 5.90. The van der Waals surface area contributed by atoms with Gasteiger partial charge in [-0.2, -0.15) is 23.3 Å². The van der Waals surface area contributed by atoms with Crippen LogP contribution in [0, 0.1) is 5.92 Å². The van der Waals surface area contributed by atoms with E-state index in [-0.39, 0.29) is 34.3 Å². The molecule has 5 rings (SSSR count). The Balaban J connectivity index is 1.87. The summed E-state index contributed by atoms with van der Waals surface area (Å²) in [5.41, 5.74) is 1.49. The highest BCUT2D eigenvalue weighted by Crippen LogP contribution is 2.33. The predicted octanol–water partition coefficient (Wildman–Crippen LogP) is 5.64. The number of aryl methyl sites for hydroxylation is 1. The summed E-state index contributed by atoms with van der Waals surface area (Å²) in [6.07, 6.45) is -1.14. The Kier molecular flexibility index (Phi) is 7.01. The highest BCUT2D eigenvalue weighted by Gasteiger charge is 2.29. The normalized spacial score (nSPS) is 12.2. The van der Waals surface area contributed by atoms with Gasteiger partial charge in [0.2, 0.25) is 5.88 Å². The number of rotatable bonds is 7. The number of para-hydroxylation sites is 2. The minimum atomic E-state index is -4.59. The Bertz CT molecular complexity index is 1810. The van der Waals surface area contributed by atoms with Gasteiger partial charge in [-0.25, -0.2) is 4.98 Å². The van der Waals surface area contributed by atoms with E-state index in [1.807, 2.05) is 20.0 Å². The van der Waals surface area contributed by atoms with Crippen molar-refractivity contribution in [3.05, 3.63) is 65.1 Å². The lowest BCUT2D eigenvalue weighted by molar-refractivity contribution is -0.154. The van der Waals surface area contributed by atoms with Crippen LogP contribution in [0.25, 0.3) is 39.0 Å². The molecule has 12 heteroatoms. The zero-order chi connectivity index (χ0) is 28.6. The molecule has 3 aromatic heterocycles. The van der Waals surface area contributed by atoms with Crippen LogP contribution in [0.5, 0.6) is 11.6 Å². The Morgan fingerprint density at radius 3 is 2.60 bits per heavy atom. The molecule has 0 unspecified atom stereocenters. The number of fused-ring (bicyclic) bond motifs is 2. The number of ether oxygens (including phenoxy) is 2. The second-order valence-electron chi connectivity index (χ2n) is 9.43. The van der Waals surface area contributed by atoms with Gasteiger partial charge in [-0.05, 0) is 30.2 Å². The van der Waals surface area contributed by atoms with Crippen LogP contribution in [-0.4, -0.2) is 50.4 Å². The van der Waals surface area contributed by atoms with E-state index < -0.39 is 18.3 Å². The Labute approximate surface area is 226 Å². The van der Waals surface area contributed by atoms with Gasteiger partial charge in [0.1, 0.15) is 17.0 Å². The molecule has 0 N–H and O–H groups in total. The van der Waals surface area contributed by atoms with Crippen molar-refractivity contribution in [2.45, 2.75) is 20.0 Å². The highest BCUT2D eigenvalue weighted by atomic mass is 19.4. The van der Waals surface area contributed by atoms with Crippen molar-refractivity contribution in [2.24, 2.45) is 18.0 Å². The number of methoxy groups -OCH3 is 1. The second kappa shape index (κ2) is 10.4. The van der Waals surface area contributed by atoms with E-state index in [1.54, 1.807) is 60.4 Å². The third kappa shape index (κ3) is 5.37. The molecule has 0 atom stereocenters. The number of nitrogens with zero attached hydrogens (tertiary/aromatic N) is 6. The van der Waals surface area contributed by atoms with Crippen molar-refractivity contribution in [1.82, 2.24) is 24.3 Å². The molecule has 0 saturated carbocycles. The maximum atomic E-state index is 14.1. The van der Waals surface area contributed by atoms with E-state index in [0.717, 1.165) is 10.9 Å². The van der Waals surface area contributed by atoms with Crippen molar-refractivity contribution in [2.75, 3.05) is 13.7 Å². The first-order chi connectivity index (χ1) is 19.0. The minimum Gasteiger partial charge on any atom is -0.495 e. The van der Waals surface area contributed by atoms with Gasteiger partial charge in [0, 0.05) is 36.5 Å². The van der Waals surface area contributed by atoms with Gasteiger partial charge in [-0.1, -0.05) is 32.0 Å². The molecule has 0 aliphatic carbocycles. The lowest BCUT2D eigenvalue weighted by atomic mass is 10.1. The molecule has 0 aliphatic heterocycles. The molecule has 0 spiro atoms. The smallest absolute Gasteiger partial charge is 0.422 e. The molecule has 0 aliphatic rings. The molecule has 0 bridgehead atoms. The number of halogens is 3. The molecule has 0 saturated heterocycles. The Morgan fingerprint density at radius 2 is 1.88 bits per heavy atom. The quantitative estimate of drug-likeness (QED) is 0.243. The van der Waals surface area contributed by atoms with Gasteiger partial charge >= 0.3 is 6.18 Å². The zero-order valence-electron chi connectivity index (χ0n) is 22.1. The van der Waals surface area contributed by atoms with Crippen LogP contribution >= 0.6 is 0 Å². The molecule has 2 aromatic carbocycles. The van der Waals surface area contributed by atoms with E-state index in [9.17, 15) is 18.0 Å². The largest absolute Gasteiger partial charge is 0.495 e. The van der Waals surface area contributed by atoms with Crippen LogP contribution in [0.3, 0.4) is 0 Å². The molecular formula is C28H25F3N6O3. The molecule has 0 radical (unpaired) electrons. The minimum absolute atomic E-state index is 0.0235. The van der Waals surface area contributed by atoms with Gasteiger partial charge in [0.05, 0.1) is 24.0 Å². The van der Waals surface area contributed by atoms with Crippen molar-refractivity contribution in [3.8, 4) is 28.6 Å². The molecule has 40 heavy (non-hydrogen) atoms. The summed E-state index contributed by atoms with van der Waals surface area (Å²) in [5, 5.41) is 5.18. The molecule has 0 amide bonds. The number of benzene rings is 2. The number of aromatic nitrogens is 5. The third-order valence-corrected chi connectivity index (χ3v) is 5.89. The van der Waals surface area contributed by atoms with E-state index in [4.69, 9.17) is 9.47 Å². The van der Waals surface area contributed by atoms with E-state index in [2.05, 4.69) is 20.1 Å². The average molecular weight is 551 g/mol. The van der Waals surface area contributed by atoms with Crippen molar-refractivity contribution in [3.63, 3.8) is 0 Å². The topological polar surface area (TPSA) is 96.4 Å². The van der Waals surface area contributed by atoms with Gasteiger partial charge in [-0.15, -0.1) is 0 Å². The fourth-order valence-corrected chi connectivity index (χ4v) is 4.19. The molecule has 5 aromatic rings. The SMILES string of the molecule is COc1ccccc1-n1c(=O)c(-c2ccc3nn(C)cc3c2)nc2c(N=CC(C)C)cc(OCC(F)(F)F)nc21. The predicted molar refractivity (Wildman–Crippen MR) is 146 cm³/mol. The average Bonchev–Trinajstić information content (AvgIpc) is 3.29. The van der Waals surface area contributed by atoms with Crippen LogP contribution in [0.2, 0.25) is 0 Å². The summed E-state index contributed by atoms with van der Waals surface area (Å²) in [6, 6.07) is 13.4. The first kappa shape index (κ1) is 26.9. The summed E-state index contributed by atoms with van der Waals surface area (Å²) >= 11 is 0. The van der Waals surface area contributed by atoms with Crippen LogP contribution in [0.1, 0.15) is 13.8 Å². The molecule has 206 valence electrons. The van der Waals surface area contributed by atoms with E-state index >= 15 is 0 Å². The summed E-state index contributed by atoms with van der Waals surface area (Å²) in [6.45, 7) is 2.25. The third-order valence-electron chi connectivity index (χ3n) is 5.89. The van der Waals surface area contributed by atoms with Crippen LogP contribution in [0.4, 0.5) is 18.9 Å². The van der Waals surface area contributed by atoms with Crippen molar-refractivity contribution >= 4 is 34.0 Å². The number of alkyl halides is 3. The van der Waals surface area contributed by atoms with Crippen LogP contribution < -0.4 is 15.0 Å². The van der Waals surface area contributed by atoms with Crippen molar-refractivity contribution in [1.29, 1.82) is 0 Å². The van der Waals surface area contributed by atoms with Gasteiger partial charge in [0.25, 0.3) is 5.56 Å². The Hall–Kier alpha value is -4.74. The monoisotopic (exact) mass is 550 g/mol. The number of pyridine rings is 1. The summed E-state index contributed by atoms with van der Waals surface area (Å²) in [7, 11) is 3.25. The van der Waals surface area contributed by atoms with Crippen LogP contribution in [-0.2, 0) is 7.05 Å². The van der Waals surface area contributed by atoms with Gasteiger partial charge in [-0.3, -0.25) is 19.0 Å². The maximum Gasteiger partial charge on any atom is 0.422 e. The number of hydrogen-bond acceptors (Lipinski definition) is 7. The molecular weight excluding hydrogens is 525 g/mol. The first-order valence-corrected chi connectivity index (χ1v) is 12.3. The standard InChI is InChI=1S/C28H25F3N6O3/c1-16(2)13-32-20-12-23(40-15-28(29,30)31)33-26-25(20)34-24(17-9-10-19-18(11-17)14-36(3)35-19)27(38)37(26)21-7-5-6-8-22(21)39-4/h5-14,16H,15H2,1-4H3. The number of aliphatic imine (C=N–C) groups is 1. The summed E-state index contributed by atoms with van der Waals surface area (Å²) < 4.78 is 52.4. The number of hydrogen-bond donors (Lipinski definition) is 0. The summed E-state index contributed by atoms with van der Waals surface area (Å²) in [5.74, 6) is 0.0202. The zero-order valence-corrected chi connectivity index (χ0v) is 22.1. The molecule has 3 heterocycles. The van der Waals surface area contributed by atoms with E-state index in [0.29, 0.717) is 17.0 Å². The van der Waals surface area contributed by atoms with Crippen LogP contribution in [0.15, 0.2) is 64.5 Å².